The zero-order valence-corrected chi connectivity index (χ0v) is 4.85. The van der Waals surface area contributed by atoms with Crippen molar-refractivity contribution >= 4 is 12.6 Å². The highest BCUT2D eigenvalue weighted by molar-refractivity contribution is 7.80. The third kappa shape index (κ3) is 0.894. The van der Waals surface area contributed by atoms with Crippen LogP contribution >= 0.6 is 12.6 Å². The van der Waals surface area contributed by atoms with Gasteiger partial charge in [0.25, 0.3) is 5.56 Å². The van der Waals surface area contributed by atoms with Crippen molar-refractivity contribution in [2.24, 2.45) is 0 Å². The topological polar surface area (TPSA) is 45.8 Å². The summed E-state index contributed by atoms with van der Waals surface area (Å²) in [5, 5.41) is 0.201. The van der Waals surface area contributed by atoms with Gasteiger partial charge >= 0.3 is 0 Å². The highest BCUT2D eigenvalue weighted by Gasteiger charge is 1.86. The first-order valence-corrected chi connectivity index (χ1v) is 2.48. The van der Waals surface area contributed by atoms with Crippen LogP contribution in [0.5, 0.6) is 0 Å². The summed E-state index contributed by atoms with van der Waals surface area (Å²) in [5.74, 6) is 0. The lowest BCUT2D eigenvalue weighted by Crippen LogP contribution is -2.06. The third-order valence-electron chi connectivity index (χ3n) is 0.689. The van der Waals surface area contributed by atoms with Gasteiger partial charge in [-0.3, -0.25) is 4.79 Å². The normalized spacial score (nSPS) is 9.12. The summed E-state index contributed by atoms with van der Waals surface area (Å²) >= 11 is 3.74. The van der Waals surface area contributed by atoms with Crippen LogP contribution in [0.15, 0.2) is 22.2 Å². The molecule has 1 rings (SSSR count). The highest BCUT2D eigenvalue weighted by Crippen LogP contribution is 1.84. The van der Waals surface area contributed by atoms with Gasteiger partial charge in [0, 0.05) is 12.4 Å². The number of hydrogen-bond acceptors (Lipinski definition) is 3. The van der Waals surface area contributed by atoms with Crippen LogP contribution in [0.2, 0.25) is 0 Å². The molecule has 8 heavy (non-hydrogen) atoms. The molecule has 0 atom stereocenters. The van der Waals surface area contributed by atoms with Crippen molar-refractivity contribution in [3.63, 3.8) is 0 Å². The lowest BCUT2D eigenvalue weighted by atomic mass is 10.7. The predicted octanol–water partition coefficient (Wildman–Crippen LogP) is 0.0586. The molecule has 0 radical (unpaired) electrons. The summed E-state index contributed by atoms with van der Waals surface area (Å²) in [6.07, 6.45) is 2.94. The van der Waals surface area contributed by atoms with E-state index in [1.165, 1.54) is 12.4 Å². The molecule has 0 amide bonds. The molecule has 4 heteroatoms. The predicted molar refractivity (Wildman–Crippen MR) is 32.1 cm³/mol. The van der Waals surface area contributed by atoms with Crippen LogP contribution < -0.4 is 5.56 Å². The number of H-pyrrole nitrogens is 1. The minimum absolute atomic E-state index is 0.201. The molecule has 1 heterocycles. The van der Waals surface area contributed by atoms with Gasteiger partial charge in [0.15, 0.2) is 5.03 Å². The van der Waals surface area contributed by atoms with Crippen molar-refractivity contribution in [3.05, 3.63) is 22.7 Å². The molecular weight excluding hydrogens is 124 g/mol. The van der Waals surface area contributed by atoms with Crippen molar-refractivity contribution < 1.29 is 0 Å². The smallest absolute Gasteiger partial charge is 0.280 e. The van der Waals surface area contributed by atoms with Gasteiger partial charge in [0.2, 0.25) is 0 Å². The fourth-order valence-electron chi connectivity index (χ4n) is 0.344. The molecule has 1 N–H and O–H groups in total. The van der Waals surface area contributed by atoms with E-state index in [-0.39, 0.29) is 10.6 Å². The van der Waals surface area contributed by atoms with E-state index in [1.807, 2.05) is 0 Å². The number of nitrogens with one attached hydrogen (secondary N) is 1. The zero-order valence-electron chi connectivity index (χ0n) is 3.96. The van der Waals surface area contributed by atoms with E-state index in [9.17, 15) is 4.79 Å². The second-order valence-corrected chi connectivity index (χ2v) is 1.67. The number of hydrogen-bond donors (Lipinski definition) is 2. The standard InChI is InChI=1S/C4H4N2OS/c7-3-4(8)6-2-1-5-3/h1-2H,(H,5,7)(H,6,8). The van der Waals surface area contributed by atoms with Gasteiger partial charge in [0.1, 0.15) is 0 Å². The van der Waals surface area contributed by atoms with Crippen LogP contribution in [0.25, 0.3) is 0 Å². The summed E-state index contributed by atoms with van der Waals surface area (Å²) in [4.78, 5) is 16.4. The molecule has 0 aliphatic heterocycles. The summed E-state index contributed by atoms with van der Waals surface area (Å²) in [7, 11) is 0. The van der Waals surface area contributed by atoms with E-state index >= 15 is 0 Å². The Morgan fingerprint density at radius 3 is 2.88 bits per heavy atom. The Kier molecular flexibility index (Phi) is 1.34. The average molecular weight is 128 g/mol. The van der Waals surface area contributed by atoms with E-state index < -0.39 is 0 Å². The third-order valence-corrected chi connectivity index (χ3v) is 1.01. The van der Waals surface area contributed by atoms with Crippen LogP contribution in [-0.4, -0.2) is 9.97 Å². The van der Waals surface area contributed by atoms with Crippen LogP contribution in [-0.2, 0) is 0 Å². The van der Waals surface area contributed by atoms with Crippen LogP contribution in [0.1, 0.15) is 0 Å². The van der Waals surface area contributed by atoms with E-state index in [1.54, 1.807) is 0 Å². The molecule has 0 bridgehead atoms. The molecule has 0 aromatic carbocycles. The molecule has 0 unspecified atom stereocenters. The molecule has 0 saturated carbocycles. The summed E-state index contributed by atoms with van der Waals surface area (Å²) in [6.45, 7) is 0. The molecule has 3 nitrogen and oxygen atoms in total. The largest absolute Gasteiger partial charge is 0.325 e. The first-order chi connectivity index (χ1) is 3.80. The molecular formula is C4H4N2OS. The monoisotopic (exact) mass is 128 g/mol. The van der Waals surface area contributed by atoms with Crippen molar-refractivity contribution in [2.45, 2.75) is 5.03 Å². The fourth-order valence-corrected chi connectivity index (χ4v) is 0.475. The van der Waals surface area contributed by atoms with Gasteiger partial charge in [-0.15, -0.1) is 12.6 Å². The SMILES string of the molecule is O=c1[nH]ccnc1S. The average Bonchev–Trinajstić information content (AvgIpc) is 1.77. The van der Waals surface area contributed by atoms with Crippen LogP contribution in [0.3, 0.4) is 0 Å². The molecule has 0 spiro atoms. The Balaban J connectivity index is 3.35. The maximum Gasteiger partial charge on any atom is 0.280 e. The van der Waals surface area contributed by atoms with Crippen molar-refractivity contribution in [1.82, 2.24) is 9.97 Å². The van der Waals surface area contributed by atoms with Gasteiger partial charge in [-0.05, 0) is 0 Å². The summed E-state index contributed by atoms with van der Waals surface area (Å²) < 4.78 is 0. The lowest BCUT2D eigenvalue weighted by Gasteiger charge is -1.82. The maximum atomic E-state index is 10.4. The fraction of sp³-hybridized carbons (Fsp3) is 0. The van der Waals surface area contributed by atoms with E-state index in [4.69, 9.17) is 0 Å². The van der Waals surface area contributed by atoms with Gasteiger partial charge in [-0.25, -0.2) is 4.98 Å². The number of thiol groups is 1. The van der Waals surface area contributed by atoms with Crippen LogP contribution in [0.4, 0.5) is 0 Å². The van der Waals surface area contributed by atoms with Gasteiger partial charge < -0.3 is 4.98 Å². The Bertz CT molecular complexity index is 231. The number of aromatic nitrogens is 2. The molecule has 1 aromatic heterocycles. The summed E-state index contributed by atoms with van der Waals surface area (Å²) in [6, 6.07) is 0. The highest BCUT2D eigenvalue weighted by atomic mass is 32.1. The van der Waals surface area contributed by atoms with Crippen LogP contribution in [0, 0.1) is 0 Å². The van der Waals surface area contributed by atoms with Crippen molar-refractivity contribution in [3.8, 4) is 0 Å². The Labute approximate surface area is 51.2 Å². The molecule has 0 aliphatic carbocycles. The molecule has 1 aromatic rings. The lowest BCUT2D eigenvalue weighted by molar-refractivity contribution is 1.00. The number of aromatic amines is 1. The Morgan fingerprint density at radius 2 is 2.50 bits per heavy atom. The molecule has 0 fully saturated rings. The minimum Gasteiger partial charge on any atom is -0.325 e. The number of rotatable bonds is 0. The molecule has 42 valence electrons. The summed E-state index contributed by atoms with van der Waals surface area (Å²) in [5.41, 5.74) is -0.254. The first-order valence-electron chi connectivity index (χ1n) is 2.03. The van der Waals surface area contributed by atoms with Gasteiger partial charge in [-0.1, -0.05) is 0 Å². The number of nitrogens with zero attached hydrogens (tertiary/aromatic N) is 1. The first kappa shape index (κ1) is 5.37. The van der Waals surface area contributed by atoms with Gasteiger partial charge in [0.05, 0.1) is 0 Å². The quantitative estimate of drug-likeness (QED) is 0.485. The molecule has 0 saturated heterocycles. The van der Waals surface area contributed by atoms with Gasteiger partial charge in [-0.2, -0.15) is 0 Å². The Hall–Kier alpha value is -0.770. The van der Waals surface area contributed by atoms with E-state index in [0.29, 0.717) is 0 Å². The van der Waals surface area contributed by atoms with Crippen molar-refractivity contribution in [1.29, 1.82) is 0 Å². The van der Waals surface area contributed by atoms with E-state index in [0.717, 1.165) is 0 Å². The maximum absolute atomic E-state index is 10.4. The second-order valence-electron chi connectivity index (χ2n) is 1.24. The second kappa shape index (κ2) is 2.00. The zero-order chi connectivity index (χ0) is 5.98. The Morgan fingerprint density at radius 1 is 1.75 bits per heavy atom. The van der Waals surface area contributed by atoms with E-state index in [2.05, 4.69) is 22.6 Å². The minimum atomic E-state index is -0.254. The molecule has 0 aliphatic rings. The van der Waals surface area contributed by atoms with Crippen molar-refractivity contribution in [2.75, 3.05) is 0 Å².